The quantitative estimate of drug-likeness (QED) is 0.473. The molecular formula is C27H31N5O3S. The average Bonchev–Trinajstić information content (AvgIpc) is 3.38. The fraction of sp³-hybridized carbons (Fsp3) is 0.370. The van der Waals surface area contributed by atoms with Crippen molar-refractivity contribution in [3.63, 3.8) is 0 Å². The zero-order valence-corrected chi connectivity index (χ0v) is 21.4. The highest BCUT2D eigenvalue weighted by molar-refractivity contribution is 7.80. The van der Waals surface area contributed by atoms with E-state index in [1.165, 1.54) is 0 Å². The highest BCUT2D eigenvalue weighted by Gasteiger charge is 2.41. The SMILES string of the molecule is Cc1cc([C@@H]2[C@@H](c3ccccn3)NC(=S)N2CCN2CCOCC2)c(C)n1-c1cccc(C(=O)O)c1. The van der Waals surface area contributed by atoms with Crippen molar-refractivity contribution in [2.75, 3.05) is 39.4 Å². The van der Waals surface area contributed by atoms with Crippen LogP contribution in [0.4, 0.5) is 0 Å². The fourth-order valence-electron chi connectivity index (χ4n) is 5.32. The van der Waals surface area contributed by atoms with Crippen LogP contribution in [-0.4, -0.2) is 74.9 Å². The largest absolute Gasteiger partial charge is 0.478 e. The summed E-state index contributed by atoms with van der Waals surface area (Å²) in [7, 11) is 0. The van der Waals surface area contributed by atoms with Gasteiger partial charge in [-0.2, -0.15) is 0 Å². The van der Waals surface area contributed by atoms with Crippen molar-refractivity contribution >= 4 is 23.3 Å². The third-order valence-electron chi connectivity index (χ3n) is 7.10. The summed E-state index contributed by atoms with van der Waals surface area (Å²) in [6, 6.07) is 15.1. The number of aromatic nitrogens is 2. The van der Waals surface area contributed by atoms with Gasteiger partial charge in [0.15, 0.2) is 5.11 Å². The van der Waals surface area contributed by atoms with Gasteiger partial charge in [0.25, 0.3) is 0 Å². The van der Waals surface area contributed by atoms with Gasteiger partial charge in [0.05, 0.1) is 36.6 Å². The highest BCUT2D eigenvalue weighted by Crippen LogP contribution is 2.41. The highest BCUT2D eigenvalue weighted by atomic mass is 32.1. The summed E-state index contributed by atoms with van der Waals surface area (Å²) in [5, 5.41) is 13.8. The van der Waals surface area contributed by atoms with Crippen LogP contribution in [0, 0.1) is 13.8 Å². The van der Waals surface area contributed by atoms with Crippen molar-refractivity contribution in [3.8, 4) is 5.69 Å². The van der Waals surface area contributed by atoms with Crippen molar-refractivity contribution in [3.05, 3.63) is 82.9 Å². The Balaban J connectivity index is 1.53. The topological polar surface area (TPSA) is 82.9 Å². The lowest BCUT2D eigenvalue weighted by Gasteiger charge is -2.32. The van der Waals surface area contributed by atoms with Gasteiger partial charge in [-0.3, -0.25) is 9.88 Å². The van der Waals surface area contributed by atoms with Gasteiger partial charge < -0.3 is 24.6 Å². The maximum Gasteiger partial charge on any atom is 0.335 e. The monoisotopic (exact) mass is 505 g/mol. The maximum absolute atomic E-state index is 11.6. The molecule has 5 rings (SSSR count). The number of thiocarbonyl (C=S) groups is 1. The molecule has 1 aromatic carbocycles. The van der Waals surface area contributed by atoms with Gasteiger partial charge in [0.1, 0.15) is 0 Å². The van der Waals surface area contributed by atoms with Gasteiger partial charge in [-0.15, -0.1) is 0 Å². The number of ether oxygens (including phenoxy) is 1. The van der Waals surface area contributed by atoms with Crippen molar-refractivity contribution in [2.24, 2.45) is 0 Å². The van der Waals surface area contributed by atoms with Crippen LogP contribution in [-0.2, 0) is 4.74 Å². The molecule has 2 saturated heterocycles. The number of pyridine rings is 1. The van der Waals surface area contributed by atoms with E-state index in [0.29, 0.717) is 0 Å². The first-order valence-electron chi connectivity index (χ1n) is 12.2. The number of hydrogen-bond acceptors (Lipinski definition) is 5. The fourth-order valence-corrected chi connectivity index (χ4v) is 5.65. The van der Waals surface area contributed by atoms with Crippen molar-refractivity contribution in [1.29, 1.82) is 0 Å². The predicted octanol–water partition coefficient (Wildman–Crippen LogP) is 3.49. The minimum atomic E-state index is -0.936. The van der Waals surface area contributed by atoms with Crippen LogP contribution >= 0.6 is 12.2 Å². The molecule has 8 nitrogen and oxygen atoms in total. The molecule has 4 heterocycles. The van der Waals surface area contributed by atoms with Crippen LogP contribution < -0.4 is 5.32 Å². The molecule has 0 bridgehead atoms. The minimum Gasteiger partial charge on any atom is -0.478 e. The third kappa shape index (κ3) is 4.74. The first-order valence-corrected chi connectivity index (χ1v) is 12.7. The first kappa shape index (κ1) is 24.4. The van der Waals surface area contributed by atoms with E-state index in [9.17, 15) is 9.90 Å². The lowest BCUT2D eigenvalue weighted by molar-refractivity contribution is 0.0350. The Bertz CT molecular complexity index is 1260. The number of morpholine rings is 1. The summed E-state index contributed by atoms with van der Waals surface area (Å²) in [5.41, 5.74) is 5.29. The second kappa shape index (κ2) is 10.4. The van der Waals surface area contributed by atoms with E-state index in [-0.39, 0.29) is 17.6 Å². The number of benzene rings is 1. The summed E-state index contributed by atoms with van der Waals surface area (Å²) < 4.78 is 7.64. The standard InChI is InChI=1S/C27H31N5O3S/c1-18-16-22(19(2)32(18)21-7-5-6-20(17-21)26(33)34)25-24(23-8-3-4-9-28-23)29-27(36)31(25)11-10-30-12-14-35-15-13-30/h3-9,16-17,24-25H,10-15H2,1-2H3,(H,29,36)(H,33,34)/t24-,25-/m1/s1. The molecular weight excluding hydrogens is 474 g/mol. The number of hydrogen-bond donors (Lipinski definition) is 2. The van der Waals surface area contributed by atoms with E-state index in [2.05, 4.69) is 44.6 Å². The Morgan fingerprint density at radius 2 is 1.94 bits per heavy atom. The second-order valence-corrected chi connectivity index (χ2v) is 9.68. The molecule has 2 aliphatic heterocycles. The summed E-state index contributed by atoms with van der Waals surface area (Å²) >= 11 is 5.86. The molecule has 2 fully saturated rings. The van der Waals surface area contributed by atoms with Crippen LogP contribution in [0.1, 0.15) is 45.1 Å². The van der Waals surface area contributed by atoms with Crippen molar-refractivity contribution in [2.45, 2.75) is 25.9 Å². The lowest BCUT2D eigenvalue weighted by atomic mass is 9.96. The van der Waals surface area contributed by atoms with Gasteiger partial charge in [-0.1, -0.05) is 12.1 Å². The number of carboxylic acids is 1. The zero-order chi connectivity index (χ0) is 25.2. The molecule has 0 amide bonds. The molecule has 0 aliphatic carbocycles. The number of carbonyl (C=O) groups is 1. The Kier molecular flexibility index (Phi) is 7.04. The summed E-state index contributed by atoms with van der Waals surface area (Å²) in [4.78, 5) is 20.9. The van der Waals surface area contributed by atoms with E-state index in [1.807, 2.05) is 30.5 Å². The van der Waals surface area contributed by atoms with Crippen LogP contribution in [0.15, 0.2) is 54.7 Å². The number of nitrogens with one attached hydrogen (secondary N) is 1. The first-order chi connectivity index (χ1) is 17.4. The van der Waals surface area contributed by atoms with Crippen LogP contribution in [0.3, 0.4) is 0 Å². The Hall–Kier alpha value is -3.27. The van der Waals surface area contributed by atoms with Gasteiger partial charge >= 0.3 is 5.97 Å². The Morgan fingerprint density at radius 1 is 1.14 bits per heavy atom. The summed E-state index contributed by atoms with van der Waals surface area (Å²) in [6.45, 7) is 9.21. The molecule has 0 unspecified atom stereocenters. The lowest BCUT2D eigenvalue weighted by Crippen LogP contribution is -2.42. The third-order valence-corrected chi connectivity index (χ3v) is 7.45. The van der Waals surface area contributed by atoms with E-state index >= 15 is 0 Å². The number of carboxylic acid groups (broad SMARTS) is 1. The maximum atomic E-state index is 11.6. The smallest absolute Gasteiger partial charge is 0.335 e. The molecule has 0 spiro atoms. The Labute approximate surface area is 216 Å². The van der Waals surface area contributed by atoms with E-state index in [0.717, 1.165) is 72.8 Å². The molecule has 2 aromatic heterocycles. The molecule has 188 valence electrons. The zero-order valence-electron chi connectivity index (χ0n) is 20.6. The van der Waals surface area contributed by atoms with E-state index in [1.54, 1.807) is 18.2 Å². The van der Waals surface area contributed by atoms with Crippen LogP contribution in [0.2, 0.25) is 0 Å². The van der Waals surface area contributed by atoms with E-state index in [4.69, 9.17) is 17.0 Å². The van der Waals surface area contributed by atoms with Gasteiger partial charge in [0, 0.05) is 49.5 Å². The Morgan fingerprint density at radius 3 is 2.67 bits per heavy atom. The normalized spacial score (nSPS) is 20.5. The van der Waals surface area contributed by atoms with Gasteiger partial charge in [-0.25, -0.2) is 4.79 Å². The number of nitrogens with zero attached hydrogens (tertiary/aromatic N) is 4. The van der Waals surface area contributed by atoms with Crippen LogP contribution in [0.5, 0.6) is 0 Å². The summed E-state index contributed by atoms with van der Waals surface area (Å²) in [5.74, 6) is -0.936. The average molecular weight is 506 g/mol. The molecule has 36 heavy (non-hydrogen) atoms. The minimum absolute atomic E-state index is 0.0453. The van der Waals surface area contributed by atoms with Crippen molar-refractivity contribution < 1.29 is 14.6 Å². The number of aryl methyl sites for hydroxylation is 1. The molecule has 2 atom stereocenters. The molecule has 2 N–H and O–H groups in total. The van der Waals surface area contributed by atoms with Gasteiger partial charge in [0.2, 0.25) is 0 Å². The molecule has 2 aliphatic rings. The van der Waals surface area contributed by atoms with Gasteiger partial charge in [-0.05, 0) is 68.0 Å². The summed E-state index contributed by atoms with van der Waals surface area (Å²) in [6.07, 6.45) is 1.81. The van der Waals surface area contributed by atoms with Crippen molar-refractivity contribution in [1.82, 2.24) is 24.7 Å². The molecule has 9 heteroatoms. The molecule has 3 aromatic rings. The van der Waals surface area contributed by atoms with Crippen LogP contribution in [0.25, 0.3) is 5.69 Å². The number of aromatic carboxylic acids is 1. The molecule has 0 radical (unpaired) electrons. The van der Waals surface area contributed by atoms with E-state index < -0.39 is 5.97 Å². The molecule has 0 saturated carbocycles. The number of rotatable bonds is 7. The second-order valence-electron chi connectivity index (χ2n) is 9.29. The predicted molar refractivity (Wildman–Crippen MR) is 142 cm³/mol.